The summed E-state index contributed by atoms with van der Waals surface area (Å²) in [4.78, 5) is 23.3. The van der Waals surface area contributed by atoms with E-state index in [-0.39, 0.29) is 5.91 Å². The second kappa shape index (κ2) is 7.98. The van der Waals surface area contributed by atoms with Gasteiger partial charge in [0.25, 0.3) is 0 Å². The van der Waals surface area contributed by atoms with Crippen molar-refractivity contribution in [2.45, 2.75) is 6.92 Å². The predicted octanol–water partition coefficient (Wildman–Crippen LogP) is 4.66. The van der Waals surface area contributed by atoms with Crippen LogP contribution in [-0.2, 0) is 4.79 Å². The van der Waals surface area contributed by atoms with Crippen LogP contribution in [0.15, 0.2) is 78.9 Å². The maximum atomic E-state index is 12.3. The number of hydrogen-bond donors (Lipinski definition) is 1. The Morgan fingerprint density at radius 3 is 2.15 bits per heavy atom. The molecule has 1 N–H and O–H groups in total. The summed E-state index contributed by atoms with van der Waals surface area (Å²) in [5.74, 6) is 0.970. The van der Waals surface area contributed by atoms with Crippen molar-refractivity contribution in [2.75, 3.05) is 5.32 Å². The zero-order valence-electron chi connectivity index (χ0n) is 14.1. The summed E-state index contributed by atoms with van der Waals surface area (Å²) in [5.41, 5.74) is 1.01. The predicted molar refractivity (Wildman–Crippen MR) is 98.7 cm³/mol. The Morgan fingerprint density at radius 2 is 1.46 bits per heavy atom. The molecular formula is C21H17NO4. The Labute approximate surface area is 151 Å². The monoisotopic (exact) mass is 347 g/mol. The zero-order chi connectivity index (χ0) is 18.4. The lowest BCUT2D eigenvalue weighted by Crippen LogP contribution is -2.09. The Hall–Kier alpha value is -3.60. The highest BCUT2D eigenvalue weighted by Gasteiger charge is 2.10. The summed E-state index contributed by atoms with van der Waals surface area (Å²) in [7, 11) is 0. The van der Waals surface area contributed by atoms with E-state index in [4.69, 9.17) is 9.47 Å². The van der Waals surface area contributed by atoms with E-state index >= 15 is 0 Å². The summed E-state index contributed by atoms with van der Waals surface area (Å²) in [6, 6.07) is 22.7. The van der Waals surface area contributed by atoms with Crippen molar-refractivity contribution in [1.29, 1.82) is 0 Å². The van der Waals surface area contributed by atoms with Gasteiger partial charge in [-0.05, 0) is 54.6 Å². The average Bonchev–Trinajstić information content (AvgIpc) is 2.64. The number of amides is 1. The minimum absolute atomic E-state index is 0.162. The quantitative estimate of drug-likeness (QED) is 0.539. The zero-order valence-corrected chi connectivity index (χ0v) is 14.1. The van der Waals surface area contributed by atoms with Crippen LogP contribution in [0, 0.1) is 0 Å². The van der Waals surface area contributed by atoms with Crippen molar-refractivity contribution in [3.8, 4) is 17.2 Å². The lowest BCUT2D eigenvalue weighted by atomic mass is 10.2. The molecule has 3 aromatic rings. The molecule has 3 aromatic carbocycles. The SMILES string of the molecule is CC(=O)Nc1ccc(OC(=O)c2cccc(Oc3ccccc3)c2)cc1. The van der Waals surface area contributed by atoms with E-state index < -0.39 is 5.97 Å². The molecule has 0 fully saturated rings. The molecule has 5 nitrogen and oxygen atoms in total. The molecule has 3 rings (SSSR count). The molecule has 0 unspecified atom stereocenters. The number of rotatable bonds is 5. The topological polar surface area (TPSA) is 64.6 Å². The first kappa shape index (κ1) is 17.2. The largest absolute Gasteiger partial charge is 0.457 e. The summed E-state index contributed by atoms with van der Waals surface area (Å²) in [5, 5.41) is 2.65. The van der Waals surface area contributed by atoms with E-state index in [1.54, 1.807) is 48.5 Å². The first-order chi connectivity index (χ1) is 12.6. The number of carbonyl (C=O) groups is 2. The summed E-state index contributed by atoms with van der Waals surface area (Å²) in [6.07, 6.45) is 0. The van der Waals surface area contributed by atoms with Crippen LogP contribution in [0.1, 0.15) is 17.3 Å². The van der Waals surface area contributed by atoms with Gasteiger partial charge in [-0.2, -0.15) is 0 Å². The molecule has 1 amide bonds. The van der Waals surface area contributed by atoms with Gasteiger partial charge in [-0.25, -0.2) is 4.79 Å². The van der Waals surface area contributed by atoms with Crippen molar-refractivity contribution >= 4 is 17.6 Å². The molecule has 0 aliphatic heterocycles. The van der Waals surface area contributed by atoms with Crippen LogP contribution in [0.2, 0.25) is 0 Å². The third kappa shape index (κ3) is 4.70. The molecule has 0 aromatic heterocycles. The number of ether oxygens (including phenoxy) is 2. The van der Waals surface area contributed by atoms with Crippen LogP contribution in [0.25, 0.3) is 0 Å². The van der Waals surface area contributed by atoms with Gasteiger partial charge in [0, 0.05) is 12.6 Å². The van der Waals surface area contributed by atoms with Gasteiger partial charge < -0.3 is 14.8 Å². The highest BCUT2D eigenvalue weighted by molar-refractivity contribution is 5.92. The van der Waals surface area contributed by atoms with Crippen molar-refractivity contribution in [3.05, 3.63) is 84.4 Å². The Bertz CT molecular complexity index is 905. The second-order valence-electron chi connectivity index (χ2n) is 5.54. The van der Waals surface area contributed by atoms with Crippen molar-refractivity contribution in [1.82, 2.24) is 0 Å². The number of anilines is 1. The van der Waals surface area contributed by atoms with Gasteiger partial charge in [0.1, 0.15) is 17.2 Å². The number of benzene rings is 3. The lowest BCUT2D eigenvalue weighted by molar-refractivity contribution is -0.114. The van der Waals surface area contributed by atoms with Crippen LogP contribution in [0.4, 0.5) is 5.69 Å². The Balaban J connectivity index is 1.68. The highest BCUT2D eigenvalue weighted by Crippen LogP contribution is 2.23. The van der Waals surface area contributed by atoms with Gasteiger partial charge in [0.05, 0.1) is 5.56 Å². The third-order valence-electron chi connectivity index (χ3n) is 3.43. The van der Waals surface area contributed by atoms with Crippen LogP contribution >= 0.6 is 0 Å². The molecule has 0 spiro atoms. The number of nitrogens with one attached hydrogen (secondary N) is 1. The molecule has 5 heteroatoms. The minimum atomic E-state index is -0.490. The van der Waals surface area contributed by atoms with Crippen molar-refractivity contribution in [3.63, 3.8) is 0 Å². The minimum Gasteiger partial charge on any atom is -0.457 e. The fourth-order valence-electron chi connectivity index (χ4n) is 2.29. The molecule has 0 heterocycles. The maximum absolute atomic E-state index is 12.3. The standard InChI is InChI=1S/C21H17NO4/c1-15(23)22-17-10-12-19(13-11-17)26-21(24)16-6-5-9-20(14-16)25-18-7-3-2-4-8-18/h2-14H,1H3,(H,22,23). The first-order valence-corrected chi connectivity index (χ1v) is 8.03. The van der Waals surface area contributed by atoms with Gasteiger partial charge in [-0.3, -0.25) is 4.79 Å². The van der Waals surface area contributed by atoms with E-state index in [0.29, 0.717) is 28.5 Å². The molecule has 0 aliphatic carbocycles. The third-order valence-corrected chi connectivity index (χ3v) is 3.43. The molecule has 26 heavy (non-hydrogen) atoms. The maximum Gasteiger partial charge on any atom is 0.343 e. The van der Waals surface area contributed by atoms with Crippen LogP contribution < -0.4 is 14.8 Å². The summed E-state index contributed by atoms with van der Waals surface area (Å²) >= 11 is 0. The molecule has 0 saturated carbocycles. The molecule has 0 bridgehead atoms. The van der Waals surface area contributed by atoms with Gasteiger partial charge >= 0.3 is 5.97 Å². The average molecular weight is 347 g/mol. The van der Waals surface area contributed by atoms with E-state index in [1.807, 2.05) is 30.3 Å². The summed E-state index contributed by atoms with van der Waals surface area (Å²) in [6.45, 7) is 1.43. The molecule has 0 saturated heterocycles. The van der Waals surface area contributed by atoms with Crippen LogP contribution in [0.5, 0.6) is 17.2 Å². The molecule has 0 aliphatic rings. The fourth-order valence-corrected chi connectivity index (χ4v) is 2.29. The van der Waals surface area contributed by atoms with Crippen molar-refractivity contribution in [2.24, 2.45) is 0 Å². The molecule has 130 valence electrons. The van der Waals surface area contributed by atoms with E-state index in [1.165, 1.54) is 6.92 Å². The van der Waals surface area contributed by atoms with E-state index in [9.17, 15) is 9.59 Å². The van der Waals surface area contributed by atoms with Gasteiger partial charge in [0.2, 0.25) is 5.91 Å². The molecule has 0 radical (unpaired) electrons. The van der Waals surface area contributed by atoms with Gasteiger partial charge in [-0.15, -0.1) is 0 Å². The van der Waals surface area contributed by atoms with Gasteiger partial charge in [-0.1, -0.05) is 24.3 Å². The van der Waals surface area contributed by atoms with Crippen LogP contribution in [-0.4, -0.2) is 11.9 Å². The van der Waals surface area contributed by atoms with Crippen LogP contribution in [0.3, 0.4) is 0 Å². The van der Waals surface area contributed by atoms with E-state index in [2.05, 4.69) is 5.32 Å². The van der Waals surface area contributed by atoms with Crippen molar-refractivity contribution < 1.29 is 19.1 Å². The number of hydrogen-bond acceptors (Lipinski definition) is 4. The lowest BCUT2D eigenvalue weighted by Gasteiger charge is -2.08. The Morgan fingerprint density at radius 1 is 0.769 bits per heavy atom. The number of esters is 1. The first-order valence-electron chi connectivity index (χ1n) is 8.03. The molecule has 0 atom stereocenters. The Kier molecular flexibility index (Phi) is 5.29. The fraction of sp³-hybridized carbons (Fsp3) is 0.0476. The number of para-hydroxylation sites is 1. The highest BCUT2D eigenvalue weighted by atomic mass is 16.5. The van der Waals surface area contributed by atoms with Gasteiger partial charge in [0.15, 0.2) is 0 Å². The number of carbonyl (C=O) groups excluding carboxylic acids is 2. The van der Waals surface area contributed by atoms with E-state index in [0.717, 1.165) is 0 Å². The normalized spacial score (nSPS) is 10.0. The molecular weight excluding hydrogens is 330 g/mol. The smallest absolute Gasteiger partial charge is 0.343 e. The summed E-state index contributed by atoms with van der Waals surface area (Å²) < 4.78 is 11.1. The second-order valence-corrected chi connectivity index (χ2v) is 5.54.